The van der Waals surface area contributed by atoms with E-state index < -0.39 is 11.8 Å². The molecule has 6 atom stereocenters. The molecule has 10 heteroatoms. The molecule has 7 rings (SSSR count). The number of hydrogen-bond donors (Lipinski definition) is 2. The van der Waals surface area contributed by atoms with Crippen LogP contribution in [0.2, 0.25) is 0 Å². The third-order valence-electron chi connectivity index (χ3n) is 13.3. The number of allylic oxidation sites excluding steroid dienone is 1. The fourth-order valence-corrected chi connectivity index (χ4v) is 10.7. The van der Waals surface area contributed by atoms with Crippen LogP contribution in [-0.2, 0) is 21.0 Å². The summed E-state index contributed by atoms with van der Waals surface area (Å²) in [7, 11) is 1.91. The number of benzene rings is 3. The summed E-state index contributed by atoms with van der Waals surface area (Å²) in [5, 5.41) is 24.8. The molecular weight excluding hydrogens is 773 g/mol. The predicted molar refractivity (Wildman–Crippen MR) is 238 cm³/mol. The summed E-state index contributed by atoms with van der Waals surface area (Å²) in [5.74, 6) is 1.34. The molecule has 60 heavy (non-hydrogen) atoms. The third-order valence-corrected chi connectivity index (χ3v) is 14.0. The summed E-state index contributed by atoms with van der Waals surface area (Å²) in [6, 6.07) is 23.7. The van der Waals surface area contributed by atoms with Crippen LogP contribution in [0.5, 0.6) is 17.2 Å². The van der Waals surface area contributed by atoms with Crippen LogP contribution in [0.3, 0.4) is 0 Å². The normalized spacial score (nSPS) is 25.2. The zero-order valence-electron chi connectivity index (χ0n) is 35.5. The lowest BCUT2D eigenvalue weighted by Gasteiger charge is -2.59. The fraction of sp³-hybridized carbons (Fsp3) is 0.520. The smallest absolute Gasteiger partial charge is 0.239 e. The number of thioether (sulfide) groups is 1. The number of amides is 1. The van der Waals surface area contributed by atoms with Gasteiger partial charge in [0, 0.05) is 49.5 Å². The minimum atomic E-state index is -1.27. The minimum absolute atomic E-state index is 0.0739. The summed E-state index contributed by atoms with van der Waals surface area (Å²) in [6.45, 7) is 4.86. The van der Waals surface area contributed by atoms with E-state index in [2.05, 4.69) is 37.1 Å². The van der Waals surface area contributed by atoms with Crippen LogP contribution in [-0.4, -0.2) is 71.7 Å². The van der Waals surface area contributed by atoms with Gasteiger partial charge in [0.1, 0.15) is 29.9 Å². The lowest BCUT2D eigenvalue weighted by molar-refractivity contribution is -0.255. The standard InChI is InChI=1S/C50H64N2O7S/c1-4-30-56-50-46(52(2)47(55)27-20-35-14-8-9-15-35)33-44(51-57-34-36-16-6-5-7-17-36)42-31-37(18-10-12-28-53)41(19-11-13-29-54)48(49(42)50)43-32-39(23-26-45(43)59-50)58-38-21-24-40(60-3)25-22-38/h4-7,16-17,21-26,31-32,35,37,41,46,48-49,53-54H,1,8-15,18-20,27-30,33-34H2,2-3H3. The SMILES string of the molecule is C=CCOC12Oc3ccc(Oc4ccc(SC)cc4)cc3C3C(CCCCO)C(CCCCO)C=C(C(=NOCc4ccccc4)CC1N(C)C(=O)CCC1CCCC1)C32. The molecule has 1 aliphatic heterocycles. The van der Waals surface area contributed by atoms with E-state index in [1.54, 1.807) is 17.8 Å². The molecule has 2 N–H and O–H groups in total. The van der Waals surface area contributed by atoms with Gasteiger partial charge in [0.05, 0.1) is 18.2 Å². The van der Waals surface area contributed by atoms with Gasteiger partial charge in [-0.05, 0) is 110 Å². The number of aliphatic hydroxyl groups excluding tert-OH is 2. The van der Waals surface area contributed by atoms with Crippen molar-refractivity contribution in [3.8, 4) is 17.2 Å². The highest BCUT2D eigenvalue weighted by Gasteiger charge is 2.65. The Morgan fingerprint density at radius 2 is 1.70 bits per heavy atom. The van der Waals surface area contributed by atoms with E-state index in [0.717, 1.165) is 65.2 Å². The van der Waals surface area contributed by atoms with Gasteiger partial charge in [-0.3, -0.25) is 4.79 Å². The Kier molecular flexibility index (Phi) is 15.5. The van der Waals surface area contributed by atoms with Gasteiger partial charge in [0.15, 0.2) is 0 Å². The van der Waals surface area contributed by atoms with E-state index in [1.165, 1.54) is 25.7 Å². The molecule has 322 valence electrons. The highest BCUT2D eigenvalue weighted by atomic mass is 32.2. The molecule has 0 spiro atoms. The number of fused-ring (bicyclic) bond motifs is 2. The molecule has 0 bridgehead atoms. The maximum atomic E-state index is 14.4. The van der Waals surface area contributed by atoms with Crippen LogP contribution >= 0.6 is 11.8 Å². The van der Waals surface area contributed by atoms with Crippen molar-refractivity contribution in [3.05, 3.63) is 108 Å². The van der Waals surface area contributed by atoms with E-state index in [0.29, 0.717) is 49.7 Å². The Morgan fingerprint density at radius 3 is 2.42 bits per heavy atom. The number of rotatable bonds is 21. The van der Waals surface area contributed by atoms with Gasteiger partial charge in [0.2, 0.25) is 11.7 Å². The molecule has 4 aliphatic rings. The Balaban J connectivity index is 1.37. The van der Waals surface area contributed by atoms with Crippen molar-refractivity contribution in [3.63, 3.8) is 0 Å². The summed E-state index contributed by atoms with van der Waals surface area (Å²) in [6.07, 6.45) is 17.7. The zero-order chi connectivity index (χ0) is 41.9. The number of oxime groups is 1. The second-order valence-electron chi connectivity index (χ2n) is 17.0. The second-order valence-corrected chi connectivity index (χ2v) is 17.9. The van der Waals surface area contributed by atoms with Crippen LogP contribution in [0.25, 0.3) is 0 Å². The first-order chi connectivity index (χ1) is 29.4. The molecule has 3 aromatic rings. The zero-order valence-corrected chi connectivity index (χ0v) is 36.3. The molecule has 2 saturated carbocycles. The maximum Gasteiger partial charge on any atom is 0.239 e. The molecule has 2 fully saturated rings. The lowest BCUT2D eigenvalue weighted by atomic mass is 9.55. The van der Waals surface area contributed by atoms with Crippen LogP contribution < -0.4 is 9.47 Å². The molecule has 1 amide bonds. The Bertz CT molecular complexity index is 1930. The first-order valence-electron chi connectivity index (χ1n) is 22.2. The van der Waals surface area contributed by atoms with Crippen molar-refractivity contribution in [2.75, 3.05) is 33.1 Å². The average molecular weight is 837 g/mol. The molecule has 9 nitrogen and oxygen atoms in total. The lowest BCUT2D eigenvalue weighted by Crippen LogP contribution is -2.69. The number of carbonyl (C=O) groups is 1. The largest absolute Gasteiger partial charge is 0.459 e. The quantitative estimate of drug-likeness (QED) is 0.0472. The van der Waals surface area contributed by atoms with Crippen LogP contribution in [0, 0.1) is 23.7 Å². The number of carbonyl (C=O) groups excluding carboxylic acids is 1. The van der Waals surface area contributed by atoms with Gasteiger partial charge in [-0.2, -0.15) is 0 Å². The predicted octanol–water partition coefficient (Wildman–Crippen LogP) is 10.5. The van der Waals surface area contributed by atoms with Gasteiger partial charge >= 0.3 is 0 Å². The average Bonchev–Trinajstić information content (AvgIpc) is 3.81. The van der Waals surface area contributed by atoms with Crippen LogP contribution in [0.4, 0.5) is 0 Å². The third kappa shape index (κ3) is 9.99. The molecule has 0 aromatic heterocycles. The van der Waals surface area contributed by atoms with Gasteiger partial charge in [-0.1, -0.05) is 86.2 Å². The van der Waals surface area contributed by atoms with Crippen molar-refractivity contribution in [2.24, 2.45) is 28.8 Å². The van der Waals surface area contributed by atoms with Crippen molar-refractivity contribution in [1.82, 2.24) is 4.90 Å². The van der Waals surface area contributed by atoms with E-state index >= 15 is 0 Å². The molecule has 3 aliphatic carbocycles. The second kappa shape index (κ2) is 21.1. The molecule has 1 heterocycles. The highest BCUT2D eigenvalue weighted by molar-refractivity contribution is 7.98. The summed E-state index contributed by atoms with van der Waals surface area (Å²) in [5.41, 5.74) is 3.87. The van der Waals surface area contributed by atoms with Crippen molar-refractivity contribution < 1.29 is 34.1 Å². The summed E-state index contributed by atoms with van der Waals surface area (Å²) >= 11 is 1.69. The maximum absolute atomic E-state index is 14.4. The van der Waals surface area contributed by atoms with Crippen molar-refractivity contribution in [2.45, 2.75) is 113 Å². The number of ether oxygens (including phenoxy) is 3. The Hall–Kier alpha value is -4.09. The number of likely N-dealkylation sites (N-methyl/N-ethyl adjacent to an activating group) is 1. The van der Waals surface area contributed by atoms with Gasteiger partial charge < -0.3 is 34.2 Å². The molecular formula is C50H64N2O7S. The number of aliphatic hydroxyl groups is 2. The molecule has 0 radical (unpaired) electrons. The van der Waals surface area contributed by atoms with Crippen molar-refractivity contribution in [1.29, 1.82) is 0 Å². The molecule has 0 saturated heterocycles. The van der Waals surface area contributed by atoms with Gasteiger partial charge in [0.25, 0.3) is 0 Å². The minimum Gasteiger partial charge on any atom is -0.459 e. The van der Waals surface area contributed by atoms with E-state index in [1.807, 2.05) is 66.5 Å². The Morgan fingerprint density at radius 1 is 0.967 bits per heavy atom. The Labute approximate surface area is 361 Å². The first kappa shape index (κ1) is 44.0. The highest BCUT2D eigenvalue weighted by Crippen LogP contribution is 2.62. The van der Waals surface area contributed by atoms with Crippen LogP contribution in [0.1, 0.15) is 101 Å². The summed E-state index contributed by atoms with van der Waals surface area (Å²) in [4.78, 5) is 23.7. The van der Waals surface area contributed by atoms with Gasteiger partial charge in [-0.15, -0.1) is 18.3 Å². The fourth-order valence-electron chi connectivity index (χ4n) is 10.3. The van der Waals surface area contributed by atoms with Gasteiger partial charge in [-0.25, -0.2) is 0 Å². The van der Waals surface area contributed by atoms with E-state index in [4.69, 9.17) is 24.2 Å². The van der Waals surface area contributed by atoms with E-state index in [9.17, 15) is 15.0 Å². The van der Waals surface area contributed by atoms with Crippen LogP contribution in [0.15, 0.2) is 107 Å². The number of nitrogens with zero attached hydrogens (tertiary/aromatic N) is 2. The van der Waals surface area contributed by atoms with Crippen molar-refractivity contribution >= 4 is 23.4 Å². The first-order valence-corrected chi connectivity index (χ1v) is 23.4. The summed E-state index contributed by atoms with van der Waals surface area (Å²) < 4.78 is 21.0. The number of unbranched alkanes of at least 4 members (excludes halogenated alkanes) is 2. The topological polar surface area (TPSA) is 110 Å². The number of hydrogen-bond acceptors (Lipinski definition) is 9. The molecule has 3 aromatic carbocycles. The monoisotopic (exact) mass is 836 g/mol. The molecule has 6 unspecified atom stereocenters. The van der Waals surface area contributed by atoms with E-state index in [-0.39, 0.29) is 49.4 Å².